The molecule has 0 saturated carbocycles. The average Bonchev–Trinajstić information content (AvgIpc) is 2.33. The normalized spacial score (nSPS) is 12.2. The highest BCUT2D eigenvalue weighted by atomic mass is 16.6. The molecule has 23 heavy (non-hydrogen) atoms. The van der Waals surface area contributed by atoms with Crippen LogP contribution in [0.4, 0.5) is 4.79 Å². The van der Waals surface area contributed by atoms with Gasteiger partial charge >= 0.3 is 6.09 Å². The first-order valence-electron chi connectivity index (χ1n) is 8.18. The SMILES string of the molecule is Cc1cc(C)c(CNC(C)(C)CNC(=O)OC(C)(C)C)c(C)c1. The second-order valence-corrected chi connectivity index (χ2v) is 7.97. The van der Waals surface area contributed by atoms with E-state index >= 15 is 0 Å². The summed E-state index contributed by atoms with van der Waals surface area (Å²) < 4.78 is 5.27. The highest BCUT2D eigenvalue weighted by Crippen LogP contribution is 2.17. The summed E-state index contributed by atoms with van der Waals surface area (Å²) in [6, 6.07) is 4.41. The first-order chi connectivity index (χ1) is 10.4. The number of carbonyl (C=O) groups is 1. The third-order valence-electron chi connectivity index (χ3n) is 3.66. The van der Waals surface area contributed by atoms with Crippen LogP contribution in [0, 0.1) is 20.8 Å². The van der Waals surface area contributed by atoms with Gasteiger partial charge in [0, 0.05) is 18.6 Å². The van der Waals surface area contributed by atoms with Crippen molar-refractivity contribution in [3.63, 3.8) is 0 Å². The smallest absolute Gasteiger partial charge is 0.407 e. The van der Waals surface area contributed by atoms with E-state index in [4.69, 9.17) is 4.74 Å². The topological polar surface area (TPSA) is 50.4 Å². The third-order valence-corrected chi connectivity index (χ3v) is 3.66. The van der Waals surface area contributed by atoms with E-state index in [2.05, 4.69) is 57.4 Å². The molecule has 1 rings (SSSR count). The fourth-order valence-corrected chi connectivity index (χ4v) is 2.49. The number of hydrogen-bond donors (Lipinski definition) is 2. The van der Waals surface area contributed by atoms with Crippen molar-refractivity contribution in [1.29, 1.82) is 0 Å². The Labute approximate surface area is 141 Å². The molecule has 4 nitrogen and oxygen atoms in total. The molecule has 0 saturated heterocycles. The van der Waals surface area contributed by atoms with Gasteiger partial charge in [0.2, 0.25) is 0 Å². The fraction of sp³-hybridized carbons (Fsp3) is 0.632. The Bertz CT molecular complexity index is 534. The van der Waals surface area contributed by atoms with Gasteiger partial charge in [0.25, 0.3) is 0 Å². The van der Waals surface area contributed by atoms with Gasteiger partial charge in [0.1, 0.15) is 5.60 Å². The summed E-state index contributed by atoms with van der Waals surface area (Å²) >= 11 is 0. The monoisotopic (exact) mass is 320 g/mol. The molecule has 0 heterocycles. The standard InChI is InChI=1S/C19H32N2O2/c1-13-9-14(2)16(15(3)10-13)11-21-19(7,8)12-20-17(22)23-18(4,5)6/h9-10,21H,11-12H2,1-8H3,(H,20,22). The van der Waals surface area contributed by atoms with E-state index < -0.39 is 5.60 Å². The number of ether oxygens (including phenoxy) is 1. The van der Waals surface area contributed by atoms with Crippen molar-refractivity contribution in [2.75, 3.05) is 6.54 Å². The summed E-state index contributed by atoms with van der Waals surface area (Å²) in [6.45, 7) is 17.4. The Morgan fingerprint density at radius 1 is 1.04 bits per heavy atom. The molecule has 0 aromatic heterocycles. The first kappa shape index (κ1) is 19.5. The van der Waals surface area contributed by atoms with E-state index in [1.807, 2.05) is 20.8 Å². The van der Waals surface area contributed by atoms with Gasteiger partial charge in [-0.25, -0.2) is 4.79 Å². The molecule has 0 aliphatic carbocycles. The zero-order valence-corrected chi connectivity index (χ0v) is 15.9. The molecular formula is C19H32N2O2. The summed E-state index contributed by atoms with van der Waals surface area (Å²) in [5, 5.41) is 6.35. The fourth-order valence-electron chi connectivity index (χ4n) is 2.49. The maximum atomic E-state index is 11.8. The molecule has 1 aromatic carbocycles. The summed E-state index contributed by atoms with van der Waals surface area (Å²) in [4.78, 5) is 11.8. The molecule has 0 bridgehead atoms. The first-order valence-corrected chi connectivity index (χ1v) is 8.18. The molecule has 0 unspecified atom stereocenters. The second kappa shape index (κ2) is 7.35. The summed E-state index contributed by atoms with van der Waals surface area (Å²) in [5.41, 5.74) is 4.51. The van der Waals surface area contributed by atoms with Crippen LogP contribution in [0.2, 0.25) is 0 Å². The predicted octanol–water partition coefficient (Wildman–Crippen LogP) is 4.00. The average molecular weight is 320 g/mol. The molecular weight excluding hydrogens is 288 g/mol. The quantitative estimate of drug-likeness (QED) is 0.862. The largest absolute Gasteiger partial charge is 0.444 e. The molecule has 1 aromatic rings. The summed E-state index contributed by atoms with van der Waals surface area (Å²) in [6.07, 6.45) is -0.380. The van der Waals surface area contributed by atoms with Crippen LogP contribution in [0.1, 0.15) is 56.9 Å². The van der Waals surface area contributed by atoms with Gasteiger partial charge in [-0.05, 0) is 72.1 Å². The lowest BCUT2D eigenvalue weighted by Gasteiger charge is -2.28. The Balaban J connectivity index is 2.58. The number of carbonyl (C=O) groups excluding carboxylic acids is 1. The minimum atomic E-state index is -0.474. The van der Waals surface area contributed by atoms with E-state index in [9.17, 15) is 4.79 Å². The summed E-state index contributed by atoms with van der Waals surface area (Å²) in [7, 11) is 0. The van der Waals surface area contributed by atoms with E-state index in [0.29, 0.717) is 6.54 Å². The highest BCUT2D eigenvalue weighted by Gasteiger charge is 2.21. The number of nitrogens with one attached hydrogen (secondary N) is 2. The van der Waals surface area contributed by atoms with Crippen LogP contribution in [0.15, 0.2) is 12.1 Å². The second-order valence-electron chi connectivity index (χ2n) is 7.97. The van der Waals surface area contributed by atoms with Crippen LogP contribution < -0.4 is 10.6 Å². The molecule has 0 fully saturated rings. The van der Waals surface area contributed by atoms with Gasteiger partial charge in [-0.2, -0.15) is 0 Å². The third kappa shape index (κ3) is 7.04. The van der Waals surface area contributed by atoms with E-state index in [1.54, 1.807) is 0 Å². The van der Waals surface area contributed by atoms with Crippen LogP contribution in [-0.2, 0) is 11.3 Å². The van der Waals surface area contributed by atoms with Gasteiger partial charge in [-0.1, -0.05) is 17.7 Å². The van der Waals surface area contributed by atoms with Crippen LogP contribution in [0.5, 0.6) is 0 Å². The van der Waals surface area contributed by atoms with Crippen molar-refractivity contribution in [3.8, 4) is 0 Å². The van der Waals surface area contributed by atoms with Crippen molar-refractivity contribution in [2.45, 2.75) is 73.1 Å². The van der Waals surface area contributed by atoms with Gasteiger partial charge in [-0.3, -0.25) is 0 Å². The van der Waals surface area contributed by atoms with Gasteiger partial charge < -0.3 is 15.4 Å². The van der Waals surface area contributed by atoms with Crippen LogP contribution >= 0.6 is 0 Å². The Kier molecular flexibility index (Phi) is 6.23. The number of benzene rings is 1. The Hall–Kier alpha value is -1.55. The van der Waals surface area contributed by atoms with Crippen molar-refractivity contribution >= 4 is 6.09 Å². The summed E-state index contributed by atoms with van der Waals surface area (Å²) in [5.74, 6) is 0. The molecule has 0 radical (unpaired) electrons. The zero-order valence-electron chi connectivity index (χ0n) is 15.9. The van der Waals surface area contributed by atoms with E-state index in [0.717, 1.165) is 6.54 Å². The Morgan fingerprint density at radius 3 is 2.04 bits per heavy atom. The van der Waals surface area contributed by atoms with E-state index in [-0.39, 0.29) is 11.6 Å². The van der Waals surface area contributed by atoms with Crippen LogP contribution in [0.3, 0.4) is 0 Å². The lowest BCUT2D eigenvalue weighted by Crippen LogP contribution is -2.49. The number of aryl methyl sites for hydroxylation is 3. The van der Waals surface area contributed by atoms with Crippen LogP contribution in [0.25, 0.3) is 0 Å². The number of alkyl carbamates (subject to hydrolysis) is 1. The zero-order chi connectivity index (χ0) is 17.8. The minimum absolute atomic E-state index is 0.222. The molecule has 130 valence electrons. The van der Waals surface area contributed by atoms with Crippen molar-refractivity contribution in [3.05, 3.63) is 34.4 Å². The van der Waals surface area contributed by atoms with Gasteiger partial charge in [-0.15, -0.1) is 0 Å². The highest BCUT2D eigenvalue weighted by molar-refractivity contribution is 5.67. The van der Waals surface area contributed by atoms with Gasteiger partial charge in [0.05, 0.1) is 0 Å². The number of hydrogen-bond acceptors (Lipinski definition) is 3. The minimum Gasteiger partial charge on any atom is -0.444 e. The molecule has 0 aliphatic rings. The molecule has 1 amide bonds. The number of rotatable bonds is 5. The van der Waals surface area contributed by atoms with Crippen molar-refractivity contribution < 1.29 is 9.53 Å². The maximum Gasteiger partial charge on any atom is 0.407 e. The molecule has 2 N–H and O–H groups in total. The molecule has 4 heteroatoms. The van der Waals surface area contributed by atoms with Crippen molar-refractivity contribution in [2.24, 2.45) is 0 Å². The maximum absolute atomic E-state index is 11.8. The Morgan fingerprint density at radius 2 is 1.57 bits per heavy atom. The molecule has 0 spiro atoms. The molecule has 0 atom stereocenters. The van der Waals surface area contributed by atoms with Crippen molar-refractivity contribution in [1.82, 2.24) is 10.6 Å². The predicted molar refractivity (Wildman–Crippen MR) is 95.8 cm³/mol. The molecule has 0 aliphatic heterocycles. The van der Waals surface area contributed by atoms with E-state index in [1.165, 1.54) is 22.3 Å². The number of amides is 1. The lowest BCUT2D eigenvalue weighted by atomic mass is 9.98. The lowest BCUT2D eigenvalue weighted by molar-refractivity contribution is 0.0513. The van der Waals surface area contributed by atoms with Crippen LogP contribution in [-0.4, -0.2) is 23.8 Å². The van der Waals surface area contributed by atoms with Gasteiger partial charge in [0.15, 0.2) is 0 Å².